The van der Waals surface area contributed by atoms with Gasteiger partial charge in [-0.3, -0.25) is 24.0 Å². The van der Waals surface area contributed by atoms with E-state index >= 15 is 0 Å². The summed E-state index contributed by atoms with van der Waals surface area (Å²) in [4.78, 5) is 35.4. The van der Waals surface area contributed by atoms with Crippen molar-refractivity contribution in [3.63, 3.8) is 0 Å². The standard InChI is InChI=1S/C14H14BrN3O3/c1-17-11-6-9(15)3-4-10(11)18(14(17)21)7-8-2-5-12(19)16-13(8)20/h3-4,6,8H,2,5,7H2,1H3,(H,16,19,20). The van der Waals surface area contributed by atoms with Crippen LogP contribution in [0.15, 0.2) is 27.5 Å². The van der Waals surface area contributed by atoms with Gasteiger partial charge >= 0.3 is 5.69 Å². The van der Waals surface area contributed by atoms with Gasteiger partial charge in [0.1, 0.15) is 0 Å². The molecule has 0 radical (unpaired) electrons. The van der Waals surface area contributed by atoms with Crippen LogP contribution in [0.4, 0.5) is 0 Å². The van der Waals surface area contributed by atoms with Gasteiger partial charge in [0.25, 0.3) is 0 Å². The summed E-state index contributed by atoms with van der Waals surface area (Å²) >= 11 is 3.39. The summed E-state index contributed by atoms with van der Waals surface area (Å²) in [5, 5.41) is 2.33. The number of aromatic nitrogens is 2. The van der Waals surface area contributed by atoms with Crippen LogP contribution in [-0.2, 0) is 23.2 Å². The first-order chi connectivity index (χ1) is 9.97. The smallest absolute Gasteiger partial charge is 0.296 e. The molecule has 1 aromatic carbocycles. The highest BCUT2D eigenvalue weighted by atomic mass is 79.9. The summed E-state index contributed by atoms with van der Waals surface area (Å²) in [7, 11) is 1.71. The van der Waals surface area contributed by atoms with Crippen LogP contribution >= 0.6 is 15.9 Å². The maximum absolute atomic E-state index is 12.4. The molecule has 2 amide bonds. The van der Waals surface area contributed by atoms with E-state index in [1.807, 2.05) is 18.2 Å². The molecule has 7 heteroatoms. The van der Waals surface area contributed by atoms with E-state index in [9.17, 15) is 14.4 Å². The maximum atomic E-state index is 12.4. The lowest BCUT2D eigenvalue weighted by atomic mass is 9.98. The number of benzene rings is 1. The van der Waals surface area contributed by atoms with E-state index in [1.54, 1.807) is 16.2 Å². The number of fused-ring (bicyclic) bond motifs is 1. The Labute approximate surface area is 128 Å². The third-order valence-corrected chi connectivity index (χ3v) is 4.36. The summed E-state index contributed by atoms with van der Waals surface area (Å²) in [5.74, 6) is -0.896. The Hall–Kier alpha value is -1.89. The van der Waals surface area contributed by atoms with Crippen molar-refractivity contribution in [3.8, 4) is 0 Å². The van der Waals surface area contributed by atoms with E-state index in [1.165, 1.54) is 0 Å². The molecule has 1 aliphatic rings. The zero-order valence-corrected chi connectivity index (χ0v) is 13.0. The van der Waals surface area contributed by atoms with Crippen molar-refractivity contribution < 1.29 is 9.59 Å². The number of rotatable bonds is 2. The van der Waals surface area contributed by atoms with Crippen molar-refractivity contribution in [2.24, 2.45) is 13.0 Å². The van der Waals surface area contributed by atoms with Gasteiger partial charge in [-0.05, 0) is 24.6 Å². The Kier molecular flexibility index (Phi) is 3.44. The molecule has 1 fully saturated rings. The second-order valence-corrected chi connectivity index (χ2v) is 6.15. The monoisotopic (exact) mass is 351 g/mol. The molecule has 1 atom stereocenters. The Bertz CT molecular complexity index is 806. The molecule has 0 spiro atoms. The minimum absolute atomic E-state index is 0.159. The fourth-order valence-corrected chi connectivity index (χ4v) is 3.04. The topological polar surface area (TPSA) is 73.1 Å². The first-order valence-electron chi connectivity index (χ1n) is 6.66. The van der Waals surface area contributed by atoms with E-state index in [4.69, 9.17) is 0 Å². The normalized spacial score (nSPS) is 19.0. The molecule has 0 aliphatic carbocycles. The van der Waals surface area contributed by atoms with Gasteiger partial charge < -0.3 is 0 Å². The third kappa shape index (κ3) is 2.42. The van der Waals surface area contributed by atoms with E-state index in [0.717, 1.165) is 15.5 Å². The Balaban J connectivity index is 2.01. The van der Waals surface area contributed by atoms with Crippen LogP contribution in [0.3, 0.4) is 0 Å². The first kappa shape index (κ1) is 14.1. The number of amides is 2. The van der Waals surface area contributed by atoms with Crippen LogP contribution < -0.4 is 11.0 Å². The number of nitrogens with zero attached hydrogens (tertiary/aromatic N) is 2. The van der Waals surface area contributed by atoms with Crippen LogP contribution in [0.2, 0.25) is 0 Å². The maximum Gasteiger partial charge on any atom is 0.328 e. The van der Waals surface area contributed by atoms with Crippen molar-refractivity contribution in [1.29, 1.82) is 0 Å². The Morgan fingerprint density at radius 1 is 1.29 bits per heavy atom. The van der Waals surface area contributed by atoms with Gasteiger partial charge in [-0.2, -0.15) is 0 Å². The molecular weight excluding hydrogens is 338 g/mol. The molecule has 3 rings (SSSR count). The zero-order valence-electron chi connectivity index (χ0n) is 11.4. The minimum atomic E-state index is -0.352. The molecule has 0 bridgehead atoms. The molecule has 1 saturated heterocycles. The highest BCUT2D eigenvalue weighted by molar-refractivity contribution is 9.10. The van der Waals surface area contributed by atoms with Crippen molar-refractivity contribution in [2.75, 3.05) is 0 Å². The van der Waals surface area contributed by atoms with E-state index in [0.29, 0.717) is 12.8 Å². The van der Waals surface area contributed by atoms with Gasteiger partial charge in [0.15, 0.2) is 0 Å². The number of nitrogens with one attached hydrogen (secondary N) is 1. The fraction of sp³-hybridized carbons (Fsp3) is 0.357. The number of hydrogen-bond acceptors (Lipinski definition) is 3. The van der Waals surface area contributed by atoms with E-state index in [2.05, 4.69) is 21.2 Å². The molecule has 6 nitrogen and oxygen atoms in total. The van der Waals surface area contributed by atoms with Crippen molar-refractivity contribution in [1.82, 2.24) is 14.5 Å². The number of imidazole rings is 1. The molecule has 2 heterocycles. The largest absolute Gasteiger partial charge is 0.328 e. The molecule has 0 saturated carbocycles. The summed E-state index contributed by atoms with van der Waals surface area (Å²) in [5.41, 5.74) is 1.44. The van der Waals surface area contributed by atoms with Gasteiger partial charge in [0, 0.05) is 24.5 Å². The summed E-state index contributed by atoms with van der Waals surface area (Å²) in [6, 6.07) is 5.59. The average molecular weight is 352 g/mol. The third-order valence-electron chi connectivity index (χ3n) is 3.86. The summed E-state index contributed by atoms with van der Waals surface area (Å²) in [6.45, 7) is 0.289. The van der Waals surface area contributed by atoms with Crippen LogP contribution in [0.5, 0.6) is 0 Å². The predicted octanol–water partition coefficient (Wildman–Crippen LogP) is 1.16. The number of aryl methyl sites for hydroxylation is 1. The average Bonchev–Trinajstić information content (AvgIpc) is 2.66. The Morgan fingerprint density at radius 3 is 2.76 bits per heavy atom. The van der Waals surface area contributed by atoms with Gasteiger partial charge in [-0.15, -0.1) is 0 Å². The summed E-state index contributed by atoms with van der Waals surface area (Å²) < 4.78 is 4.05. The van der Waals surface area contributed by atoms with Crippen LogP contribution in [0.1, 0.15) is 12.8 Å². The van der Waals surface area contributed by atoms with Crippen LogP contribution in [0.25, 0.3) is 11.0 Å². The Morgan fingerprint density at radius 2 is 2.05 bits per heavy atom. The number of carbonyl (C=O) groups excluding carboxylic acids is 2. The van der Waals surface area contributed by atoms with Gasteiger partial charge in [-0.1, -0.05) is 15.9 Å². The first-order valence-corrected chi connectivity index (χ1v) is 7.45. The predicted molar refractivity (Wildman–Crippen MR) is 80.8 cm³/mol. The molecule has 110 valence electrons. The molecule has 1 aliphatic heterocycles. The second kappa shape index (κ2) is 5.14. The molecule has 2 aromatic rings. The summed E-state index contributed by atoms with van der Waals surface area (Å²) in [6.07, 6.45) is 0.797. The highest BCUT2D eigenvalue weighted by Crippen LogP contribution is 2.21. The lowest BCUT2D eigenvalue weighted by Crippen LogP contribution is -2.43. The number of carbonyl (C=O) groups is 2. The molecule has 1 aromatic heterocycles. The zero-order chi connectivity index (χ0) is 15.1. The molecular formula is C14H14BrN3O3. The van der Waals surface area contributed by atoms with E-state index in [-0.39, 0.29) is 30.0 Å². The number of imide groups is 1. The van der Waals surface area contributed by atoms with Gasteiger partial charge in [0.2, 0.25) is 11.8 Å². The van der Waals surface area contributed by atoms with Crippen molar-refractivity contribution in [3.05, 3.63) is 33.2 Å². The molecule has 1 N–H and O–H groups in total. The number of halogens is 1. The quantitative estimate of drug-likeness (QED) is 0.825. The molecule has 21 heavy (non-hydrogen) atoms. The SMILES string of the molecule is Cn1c(=O)n(CC2CCC(=O)NC2=O)c2ccc(Br)cc21. The fourth-order valence-electron chi connectivity index (χ4n) is 2.69. The highest BCUT2D eigenvalue weighted by Gasteiger charge is 2.28. The van der Waals surface area contributed by atoms with Crippen LogP contribution in [-0.4, -0.2) is 20.9 Å². The van der Waals surface area contributed by atoms with Gasteiger partial charge in [-0.25, -0.2) is 4.79 Å². The van der Waals surface area contributed by atoms with Crippen molar-refractivity contribution in [2.45, 2.75) is 19.4 Å². The number of piperidine rings is 1. The van der Waals surface area contributed by atoms with Gasteiger partial charge in [0.05, 0.1) is 17.0 Å². The lowest BCUT2D eigenvalue weighted by molar-refractivity contribution is -0.136. The van der Waals surface area contributed by atoms with E-state index < -0.39 is 0 Å². The minimum Gasteiger partial charge on any atom is -0.296 e. The van der Waals surface area contributed by atoms with Crippen LogP contribution in [0, 0.1) is 5.92 Å². The lowest BCUT2D eigenvalue weighted by Gasteiger charge is -2.20. The second-order valence-electron chi connectivity index (χ2n) is 5.23. The number of hydrogen-bond donors (Lipinski definition) is 1. The molecule has 1 unspecified atom stereocenters. The van der Waals surface area contributed by atoms with Crippen molar-refractivity contribution >= 4 is 38.8 Å².